The van der Waals surface area contributed by atoms with Crippen LogP contribution >= 0.6 is 0 Å². The number of aromatic amines is 2. The SMILES string of the molecule is CC(C)(c1ccc2oc(=O)[nH]c2c1)c1ccc2oc(=O)[nH]c2c1. The maximum atomic E-state index is 11.3. The molecule has 23 heavy (non-hydrogen) atoms. The van der Waals surface area contributed by atoms with E-state index in [0.29, 0.717) is 22.2 Å². The molecule has 0 amide bonds. The monoisotopic (exact) mass is 310 g/mol. The topological polar surface area (TPSA) is 92.0 Å². The zero-order valence-corrected chi connectivity index (χ0v) is 12.6. The van der Waals surface area contributed by atoms with Crippen molar-refractivity contribution in [2.45, 2.75) is 19.3 Å². The van der Waals surface area contributed by atoms with Gasteiger partial charge >= 0.3 is 11.5 Å². The van der Waals surface area contributed by atoms with Gasteiger partial charge in [0.2, 0.25) is 0 Å². The fourth-order valence-corrected chi connectivity index (χ4v) is 2.85. The molecule has 116 valence electrons. The summed E-state index contributed by atoms with van der Waals surface area (Å²) in [5, 5.41) is 0. The maximum Gasteiger partial charge on any atom is 0.417 e. The molecule has 4 aromatic rings. The second-order valence-electron chi connectivity index (χ2n) is 6.08. The first kappa shape index (κ1) is 13.6. The summed E-state index contributed by atoms with van der Waals surface area (Å²) in [6.07, 6.45) is 0. The van der Waals surface area contributed by atoms with E-state index in [-0.39, 0.29) is 5.41 Å². The second-order valence-corrected chi connectivity index (χ2v) is 6.08. The molecule has 0 saturated carbocycles. The van der Waals surface area contributed by atoms with Gasteiger partial charge in [0.1, 0.15) is 0 Å². The van der Waals surface area contributed by atoms with E-state index in [0.717, 1.165) is 11.1 Å². The summed E-state index contributed by atoms with van der Waals surface area (Å²) in [4.78, 5) is 27.9. The fourth-order valence-electron chi connectivity index (χ4n) is 2.85. The van der Waals surface area contributed by atoms with Crippen molar-refractivity contribution in [3.05, 3.63) is 68.6 Å². The van der Waals surface area contributed by atoms with E-state index < -0.39 is 11.5 Å². The van der Waals surface area contributed by atoms with Crippen molar-refractivity contribution in [1.29, 1.82) is 0 Å². The lowest BCUT2D eigenvalue weighted by Crippen LogP contribution is -2.18. The molecule has 2 aromatic carbocycles. The van der Waals surface area contributed by atoms with E-state index in [1.165, 1.54) is 0 Å². The van der Waals surface area contributed by atoms with Gasteiger partial charge in [-0.15, -0.1) is 0 Å². The number of nitrogens with one attached hydrogen (secondary N) is 2. The van der Waals surface area contributed by atoms with E-state index in [1.807, 2.05) is 24.3 Å². The molecule has 0 unspecified atom stereocenters. The standard InChI is InChI=1S/C17H14N2O4/c1-17(2,9-3-5-13-11(7-9)18-15(20)22-13)10-4-6-14-12(8-10)19-16(21)23-14/h3-8H,1-2H3,(H,18,20)(H,19,21). The Morgan fingerprint density at radius 1 is 0.783 bits per heavy atom. The molecular formula is C17H14N2O4. The summed E-state index contributed by atoms with van der Waals surface area (Å²) in [7, 11) is 0. The molecule has 0 aliphatic rings. The zero-order valence-electron chi connectivity index (χ0n) is 12.6. The third kappa shape index (κ3) is 2.11. The van der Waals surface area contributed by atoms with Crippen LogP contribution in [-0.4, -0.2) is 9.97 Å². The Hall–Kier alpha value is -3.02. The third-order valence-corrected chi connectivity index (χ3v) is 4.28. The van der Waals surface area contributed by atoms with Gasteiger partial charge in [-0.3, -0.25) is 9.97 Å². The van der Waals surface area contributed by atoms with E-state index in [4.69, 9.17) is 8.83 Å². The molecule has 0 saturated heterocycles. The lowest BCUT2D eigenvalue weighted by molar-refractivity contribution is 0.555. The molecule has 0 aliphatic heterocycles. The molecule has 0 aliphatic carbocycles. The number of hydrogen-bond donors (Lipinski definition) is 2. The van der Waals surface area contributed by atoms with Crippen molar-refractivity contribution >= 4 is 22.2 Å². The first-order valence-corrected chi connectivity index (χ1v) is 7.20. The van der Waals surface area contributed by atoms with Crippen LogP contribution in [0.15, 0.2) is 54.8 Å². The van der Waals surface area contributed by atoms with Crippen molar-refractivity contribution in [2.24, 2.45) is 0 Å². The minimum absolute atomic E-state index is 0.329. The van der Waals surface area contributed by atoms with Crippen LogP contribution in [0.4, 0.5) is 0 Å². The van der Waals surface area contributed by atoms with E-state index in [1.54, 1.807) is 12.1 Å². The molecule has 2 aromatic heterocycles. The average Bonchev–Trinajstić information content (AvgIpc) is 3.05. The quantitative estimate of drug-likeness (QED) is 0.595. The molecule has 0 spiro atoms. The lowest BCUT2D eigenvalue weighted by atomic mass is 9.78. The van der Waals surface area contributed by atoms with Crippen LogP contribution in [0.5, 0.6) is 0 Å². The Morgan fingerprint density at radius 3 is 1.65 bits per heavy atom. The second kappa shape index (κ2) is 4.49. The molecule has 2 N–H and O–H groups in total. The third-order valence-electron chi connectivity index (χ3n) is 4.28. The summed E-state index contributed by atoms with van der Waals surface area (Å²) in [5.74, 6) is -0.931. The highest BCUT2D eigenvalue weighted by Crippen LogP contribution is 2.33. The summed E-state index contributed by atoms with van der Waals surface area (Å²) in [5.41, 5.74) is 4.11. The van der Waals surface area contributed by atoms with Gasteiger partial charge in [-0.1, -0.05) is 26.0 Å². The molecular weight excluding hydrogens is 296 g/mol. The van der Waals surface area contributed by atoms with E-state index in [9.17, 15) is 9.59 Å². The van der Waals surface area contributed by atoms with Gasteiger partial charge < -0.3 is 8.83 Å². The van der Waals surface area contributed by atoms with Crippen LogP contribution in [0.3, 0.4) is 0 Å². The van der Waals surface area contributed by atoms with Gasteiger partial charge in [0.25, 0.3) is 0 Å². The predicted octanol–water partition coefficient (Wildman–Crippen LogP) is 2.88. The number of rotatable bonds is 2. The lowest BCUT2D eigenvalue weighted by Gasteiger charge is -2.26. The highest BCUT2D eigenvalue weighted by molar-refractivity contribution is 5.75. The van der Waals surface area contributed by atoms with Crippen molar-refractivity contribution in [3.63, 3.8) is 0 Å². The first-order valence-electron chi connectivity index (χ1n) is 7.20. The maximum absolute atomic E-state index is 11.3. The molecule has 6 heteroatoms. The molecule has 6 nitrogen and oxygen atoms in total. The smallest absolute Gasteiger partial charge is 0.408 e. The molecule has 0 radical (unpaired) electrons. The number of benzene rings is 2. The molecule has 4 rings (SSSR count). The summed E-state index contributed by atoms with van der Waals surface area (Å²) >= 11 is 0. The zero-order chi connectivity index (χ0) is 16.2. The largest absolute Gasteiger partial charge is 0.417 e. The predicted molar refractivity (Wildman–Crippen MR) is 85.8 cm³/mol. The van der Waals surface area contributed by atoms with Crippen LogP contribution in [-0.2, 0) is 5.41 Å². The van der Waals surface area contributed by atoms with Gasteiger partial charge in [0.15, 0.2) is 11.2 Å². The molecule has 0 fully saturated rings. The van der Waals surface area contributed by atoms with Crippen molar-refractivity contribution in [1.82, 2.24) is 9.97 Å². The fraction of sp³-hybridized carbons (Fsp3) is 0.176. The van der Waals surface area contributed by atoms with E-state index in [2.05, 4.69) is 23.8 Å². The highest BCUT2D eigenvalue weighted by Gasteiger charge is 2.24. The number of H-pyrrole nitrogens is 2. The van der Waals surface area contributed by atoms with Crippen LogP contribution in [0.25, 0.3) is 22.2 Å². The van der Waals surface area contributed by atoms with Gasteiger partial charge in [0, 0.05) is 5.41 Å². The Morgan fingerprint density at radius 2 is 1.22 bits per heavy atom. The molecule has 0 atom stereocenters. The normalized spacial score (nSPS) is 12.3. The van der Waals surface area contributed by atoms with Crippen molar-refractivity contribution in [3.8, 4) is 0 Å². The van der Waals surface area contributed by atoms with Crippen molar-refractivity contribution < 1.29 is 8.83 Å². The molecule has 2 heterocycles. The Kier molecular flexibility index (Phi) is 2.66. The number of oxazole rings is 2. The van der Waals surface area contributed by atoms with Crippen molar-refractivity contribution in [2.75, 3.05) is 0 Å². The van der Waals surface area contributed by atoms with Gasteiger partial charge in [-0.25, -0.2) is 9.59 Å². The van der Waals surface area contributed by atoms with Crippen LogP contribution in [0, 0.1) is 0 Å². The number of hydrogen-bond acceptors (Lipinski definition) is 4. The van der Waals surface area contributed by atoms with E-state index >= 15 is 0 Å². The summed E-state index contributed by atoms with van der Waals surface area (Å²) in [6.45, 7) is 4.15. The highest BCUT2D eigenvalue weighted by atomic mass is 16.4. The Balaban J connectivity index is 1.88. The first-order chi connectivity index (χ1) is 10.9. The molecule has 0 bridgehead atoms. The van der Waals surface area contributed by atoms with Gasteiger partial charge in [0.05, 0.1) is 11.0 Å². The number of aromatic nitrogens is 2. The minimum Gasteiger partial charge on any atom is -0.408 e. The minimum atomic E-state index is -0.465. The van der Waals surface area contributed by atoms with Gasteiger partial charge in [-0.05, 0) is 35.4 Å². The number of fused-ring (bicyclic) bond motifs is 2. The average molecular weight is 310 g/mol. The Bertz CT molecular complexity index is 1050. The summed E-state index contributed by atoms with van der Waals surface area (Å²) < 4.78 is 10.1. The summed E-state index contributed by atoms with van der Waals surface area (Å²) in [6, 6.07) is 11.2. The van der Waals surface area contributed by atoms with Crippen LogP contribution in [0.1, 0.15) is 25.0 Å². The van der Waals surface area contributed by atoms with Gasteiger partial charge in [-0.2, -0.15) is 0 Å². The van der Waals surface area contributed by atoms with Crippen LogP contribution in [0.2, 0.25) is 0 Å². The Labute approximate surface area is 129 Å². The van der Waals surface area contributed by atoms with Crippen LogP contribution < -0.4 is 11.5 Å².